The lowest BCUT2D eigenvalue weighted by Gasteiger charge is -2.09. The molecule has 0 fully saturated rings. The van der Waals surface area contributed by atoms with Gasteiger partial charge in [-0.3, -0.25) is 9.00 Å². The summed E-state index contributed by atoms with van der Waals surface area (Å²) in [5, 5.41) is 2.55. The number of hydrogen-bond acceptors (Lipinski definition) is 3. The lowest BCUT2D eigenvalue weighted by atomic mass is 10.4. The van der Waals surface area contributed by atoms with E-state index >= 15 is 0 Å². The van der Waals surface area contributed by atoms with E-state index in [1.807, 2.05) is 0 Å². The molecule has 0 saturated heterocycles. The normalized spacial score (nSPS) is 14.6. The third-order valence-corrected chi connectivity index (χ3v) is 2.93. The minimum absolute atomic E-state index is 0.0460. The monoisotopic (exact) mass is 222 g/mol. The van der Waals surface area contributed by atoms with Crippen molar-refractivity contribution in [3.63, 3.8) is 0 Å². The van der Waals surface area contributed by atoms with Crippen LogP contribution in [0.25, 0.3) is 0 Å². The molecule has 1 amide bonds. The molecule has 0 saturated carbocycles. The molecule has 0 rings (SSSR count). The van der Waals surface area contributed by atoms with Gasteiger partial charge in [-0.25, -0.2) is 0 Å². The van der Waals surface area contributed by atoms with Crippen LogP contribution in [0, 0.1) is 0 Å². The Kier molecular flexibility index (Phi) is 5.81. The molecule has 3 N–H and O–H groups in total. The molecule has 6 heteroatoms. The molecule has 2 unspecified atom stereocenters. The highest BCUT2D eigenvalue weighted by Gasteiger charge is 2.08. The van der Waals surface area contributed by atoms with Crippen LogP contribution in [-0.2, 0) is 15.6 Å². The number of hydrogen-bond donors (Lipinski definition) is 2. The van der Waals surface area contributed by atoms with Gasteiger partial charge in [0.1, 0.15) is 0 Å². The molecule has 13 heavy (non-hydrogen) atoms. The molecule has 0 aromatic rings. The van der Waals surface area contributed by atoms with E-state index < -0.39 is 10.8 Å². The van der Waals surface area contributed by atoms with E-state index in [-0.39, 0.29) is 22.6 Å². The predicted octanol–water partition coefficient (Wildman–Crippen LogP) is -0.454. The Labute approximate surface area is 85.7 Å². The Hall–Kier alpha value is -0.490. The van der Waals surface area contributed by atoms with Crippen molar-refractivity contribution in [3.8, 4) is 0 Å². The fourth-order valence-electron chi connectivity index (χ4n) is 0.596. The molecule has 76 valence electrons. The molecule has 0 spiro atoms. The zero-order valence-corrected chi connectivity index (χ0v) is 9.33. The number of carbonyl (C=O) groups is 1. The number of thiocarbonyl (C=S) groups is 1. The van der Waals surface area contributed by atoms with Gasteiger partial charge in [0, 0.05) is 28.9 Å². The molecule has 0 radical (unpaired) electrons. The highest BCUT2D eigenvalue weighted by Crippen LogP contribution is 1.90. The van der Waals surface area contributed by atoms with Gasteiger partial charge in [-0.1, -0.05) is 12.2 Å². The van der Waals surface area contributed by atoms with E-state index in [0.29, 0.717) is 6.54 Å². The molecule has 0 bridgehead atoms. The van der Waals surface area contributed by atoms with Gasteiger partial charge in [-0.05, 0) is 6.92 Å². The first-order chi connectivity index (χ1) is 5.93. The number of amides is 1. The lowest BCUT2D eigenvalue weighted by Crippen LogP contribution is -2.34. The van der Waals surface area contributed by atoms with Crippen LogP contribution in [0.15, 0.2) is 0 Å². The average molecular weight is 222 g/mol. The second kappa shape index (κ2) is 6.04. The van der Waals surface area contributed by atoms with Gasteiger partial charge in [0.2, 0.25) is 5.91 Å². The number of nitrogens with two attached hydrogens (primary N) is 1. The Balaban J connectivity index is 3.70. The molecule has 0 aromatic carbocycles. The largest absolute Gasteiger partial charge is 0.393 e. The van der Waals surface area contributed by atoms with Crippen LogP contribution in [0.2, 0.25) is 0 Å². The highest BCUT2D eigenvalue weighted by atomic mass is 32.2. The molecule has 2 atom stereocenters. The van der Waals surface area contributed by atoms with Crippen molar-refractivity contribution in [1.82, 2.24) is 5.32 Å². The maximum atomic E-state index is 11.0. The molecule has 0 aliphatic rings. The maximum Gasteiger partial charge on any atom is 0.226 e. The summed E-state index contributed by atoms with van der Waals surface area (Å²) < 4.78 is 10.9. The average Bonchev–Trinajstić information content (AvgIpc) is 1.98. The second-order valence-corrected chi connectivity index (χ2v) is 5.08. The smallest absolute Gasteiger partial charge is 0.226 e. The van der Waals surface area contributed by atoms with Gasteiger partial charge in [-0.15, -0.1) is 0 Å². The lowest BCUT2D eigenvalue weighted by molar-refractivity contribution is -0.119. The van der Waals surface area contributed by atoms with E-state index in [1.54, 1.807) is 13.2 Å². The fourth-order valence-corrected chi connectivity index (χ4v) is 1.04. The summed E-state index contributed by atoms with van der Waals surface area (Å²) in [4.78, 5) is 11.2. The third kappa shape index (κ3) is 6.65. The van der Waals surface area contributed by atoms with Crippen LogP contribution >= 0.6 is 12.2 Å². The summed E-state index contributed by atoms with van der Waals surface area (Å²) in [5.41, 5.74) is 5.17. The topological polar surface area (TPSA) is 72.2 Å². The van der Waals surface area contributed by atoms with Gasteiger partial charge in [0.15, 0.2) is 0 Å². The van der Waals surface area contributed by atoms with Crippen LogP contribution in [-0.4, -0.2) is 33.2 Å². The standard InChI is InChI=1S/C7H14N2O2S2/c1-5(13(2)11)4-9-7(10)3-6(8)12/h5H,3-4H2,1-2H3,(H2,8,12)(H,9,10). The number of nitrogens with one attached hydrogen (secondary N) is 1. The Morgan fingerprint density at radius 1 is 1.69 bits per heavy atom. The SMILES string of the molecule is CC(CNC(=O)CC(N)=S)S(C)=O. The third-order valence-electron chi connectivity index (χ3n) is 1.49. The molecule has 0 aromatic heterocycles. The Bertz CT molecular complexity index is 231. The van der Waals surface area contributed by atoms with Crippen LogP contribution in [0.3, 0.4) is 0 Å². The van der Waals surface area contributed by atoms with Gasteiger partial charge in [-0.2, -0.15) is 0 Å². The molecule has 0 heterocycles. The van der Waals surface area contributed by atoms with Crippen molar-refractivity contribution < 1.29 is 9.00 Å². The van der Waals surface area contributed by atoms with Crippen molar-refractivity contribution in [2.75, 3.05) is 12.8 Å². The fraction of sp³-hybridized carbons (Fsp3) is 0.714. The summed E-state index contributed by atoms with van der Waals surface area (Å²) in [6.45, 7) is 2.20. The van der Waals surface area contributed by atoms with Gasteiger partial charge >= 0.3 is 0 Å². The summed E-state index contributed by atoms with van der Waals surface area (Å²) in [6.07, 6.45) is 1.66. The summed E-state index contributed by atoms with van der Waals surface area (Å²) in [7, 11) is -0.918. The first-order valence-electron chi connectivity index (χ1n) is 3.80. The molecule has 0 aliphatic carbocycles. The van der Waals surface area contributed by atoms with Crippen LogP contribution < -0.4 is 11.1 Å². The van der Waals surface area contributed by atoms with E-state index in [1.165, 1.54) is 0 Å². The van der Waals surface area contributed by atoms with Crippen molar-refractivity contribution >= 4 is 33.9 Å². The van der Waals surface area contributed by atoms with Crippen LogP contribution in [0.5, 0.6) is 0 Å². The zero-order valence-electron chi connectivity index (χ0n) is 7.70. The zero-order chi connectivity index (χ0) is 10.4. The minimum atomic E-state index is -0.918. The Morgan fingerprint density at radius 2 is 2.23 bits per heavy atom. The summed E-state index contributed by atoms with van der Waals surface area (Å²) >= 11 is 4.56. The first-order valence-corrected chi connectivity index (χ1v) is 5.83. The Morgan fingerprint density at radius 3 is 2.62 bits per heavy atom. The van der Waals surface area contributed by atoms with Gasteiger partial charge < -0.3 is 11.1 Å². The predicted molar refractivity (Wildman–Crippen MR) is 57.9 cm³/mol. The summed E-state index contributed by atoms with van der Waals surface area (Å²) in [5.74, 6) is -0.218. The minimum Gasteiger partial charge on any atom is -0.393 e. The molecule has 0 aliphatic heterocycles. The van der Waals surface area contributed by atoms with Crippen molar-refractivity contribution in [1.29, 1.82) is 0 Å². The quantitative estimate of drug-likeness (QED) is 0.618. The number of carbonyl (C=O) groups excluding carboxylic acids is 1. The van der Waals surface area contributed by atoms with Crippen molar-refractivity contribution in [3.05, 3.63) is 0 Å². The van der Waals surface area contributed by atoms with E-state index in [9.17, 15) is 9.00 Å². The maximum absolute atomic E-state index is 11.0. The first kappa shape index (κ1) is 12.5. The molecular weight excluding hydrogens is 208 g/mol. The van der Waals surface area contributed by atoms with Gasteiger partial charge in [0.05, 0.1) is 11.4 Å². The summed E-state index contributed by atoms with van der Waals surface area (Å²) in [6, 6.07) is 0. The van der Waals surface area contributed by atoms with Crippen LogP contribution in [0.1, 0.15) is 13.3 Å². The van der Waals surface area contributed by atoms with Gasteiger partial charge in [0.25, 0.3) is 0 Å². The van der Waals surface area contributed by atoms with Crippen molar-refractivity contribution in [2.24, 2.45) is 5.73 Å². The van der Waals surface area contributed by atoms with E-state index in [2.05, 4.69) is 17.5 Å². The number of rotatable bonds is 5. The second-order valence-electron chi connectivity index (χ2n) is 2.76. The van der Waals surface area contributed by atoms with E-state index in [4.69, 9.17) is 5.73 Å². The molecule has 4 nitrogen and oxygen atoms in total. The molecular formula is C7H14N2O2S2. The van der Waals surface area contributed by atoms with E-state index in [0.717, 1.165) is 0 Å². The van der Waals surface area contributed by atoms with Crippen molar-refractivity contribution in [2.45, 2.75) is 18.6 Å². The highest BCUT2D eigenvalue weighted by molar-refractivity contribution is 7.84. The van der Waals surface area contributed by atoms with Crippen LogP contribution in [0.4, 0.5) is 0 Å².